The Hall–Kier alpha value is -3.93. The van der Waals surface area contributed by atoms with E-state index in [1.54, 1.807) is 4.90 Å². The highest BCUT2D eigenvalue weighted by atomic mass is 19.1. The van der Waals surface area contributed by atoms with Crippen LogP contribution in [0.15, 0.2) is 82.0 Å². The number of rotatable bonds is 6. The van der Waals surface area contributed by atoms with E-state index in [0.29, 0.717) is 18.9 Å². The summed E-state index contributed by atoms with van der Waals surface area (Å²) in [5.41, 5.74) is 1.66. The molecule has 0 saturated heterocycles. The first kappa shape index (κ1) is 20.9. The monoisotopic (exact) mass is 443 g/mol. The molecule has 0 N–H and O–H groups in total. The van der Waals surface area contributed by atoms with Gasteiger partial charge in [-0.05, 0) is 47.9 Å². The summed E-state index contributed by atoms with van der Waals surface area (Å²) < 4.78 is 25.6. The molecular weight excluding hydrogens is 421 g/mol. The number of carbonyl (C=O) groups is 1. The minimum absolute atomic E-state index is 0.0000751. The molecule has 1 aliphatic rings. The smallest absolute Gasteiger partial charge is 0.291 e. The van der Waals surface area contributed by atoms with Crippen molar-refractivity contribution in [2.45, 2.75) is 25.9 Å². The lowest BCUT2D eigenvalue weighted by Crippen LogP contribution is -2.29. The van der Waals surface area contributed by atoms with Crippen molar-refractivity contribution in [3.63, 3.8) is 0 Å². The van der Waals surface area contributed by atoms with Crippen molar-refractivity contribution in [2.24, 2.45) is 0 Å². The lowest BCUT2D eigenvalue weighted by Gasteiger charge is -2.25. The Bertz CT molecular complexity index is 1400. The fourth-order valence-corrected chi connectivity index (χ4v) is 4.28. The summed E-state index contributed by atoms with van der Waals surface area (Å²) in [7, 11) is 0. The Labute approximate surface area is 190 Å². The summed E-state index contributed by atoms with van der Waals surface area (Å²) in [6, 6.07) is 20.0. The summed E-state index contributed by atoms with van der Waals surface area (Å²) in [5.74, 6) is -0.250. The molecule has 3 aromatic carbocycles. The number of nitrogens with zero attached hydrogens (tertiary/aromatic N) is 1. The molecule has 33 heavy (non-hydrogen) atoms. The highest BCUT2D eigenvalue weighted by Crippen LogP contribution is 2.40. The third-order valence-corrected chi connectivity index (χ3v) is 5.77. The first-order chi connectivity index (χ1) is 16.1. The van der Waals surface area contributed by atoms with Crippen LogP contribution < -0.4 is 10.2 Å². The van der Waals surface area contributed by atoms with Crippen LogP contribution in [0.5, 0.6) is 5.75 Å². The van der Waals surface area contributed by atoms with Gasteiger partial charge in [-0.3, -0.25) is 9.59 Å². The Morgan fingerprint density at radius 1 is 1.00 bits per heavy atom. The van der Waals surface area contributed by atoms with Gasteiger partial charge in [-0.2, -0.15) is 0 Å². The van der Waals surface area contributed by atoms with Crippen LogP contribution in [0.2, 0.25) is 0 Å². The van der Waals surface area contributed by atoms with Crippen molar-refractivity contribution in [3.8, 4) is 5.75 Å². The fraction of sp³-hybridized carbons (Fsp3) is 0.185. The van der Waals surface area contributed by atoms with Gasteiger partial charge >= 0.3 is 0 Å². The van der Waals surface area contributed by atoms with Crippen LogP contribution in [0.3, 0.4) is 0 Å². The van der Waals surface area contributed by atoms with Crippen molar-refractivity contribution < 1.29 is 18.3 Å². The number of benzene rings is 3. The molecular formula is C27H22FNO4. The van der Waals surface area contributed by atoms with Gasteiger partial charge in [0, 0.05) is 6.54 Å². The maximum absolute atomic E-state index is 13.9. The first-order valence-electron chi connectivity index (χ1n) is 10.9. The molecule has 1 aliphatic heterocycles. The fourth-order valence-electron chi connectivity index (χ4n) is 4.28. The average molecular weight is 443 g/mol. The van der Waals surface area contributed by atoms with E-state index >= 15 is 0 Å². The van der Waals surface area contributed by atoms with Crippen molar-refractivity contribution in [3.05, 3.63) is 111 Å². The first-order valence-corrected chi connectivity index (χ1v) is 10.9. The van der Waals surface area contributed by atoms with Gasteiger partial charge in [-0.25, -0.2) is 4.39 Å². The Morgan fingerprint density at radius 2 is 1.82 bits per heavy atom. The second kappa shape index (κ2) is 8.54. The van der Waals surface area contributed by atoms with Crippen LogP contribution in [0.25, 0.3) is 11.0 Å². The molecule has 5 rings (SSSR count). The summed E-state index contributed by atoms with van der Waals surface area (Å²) in [5, 5.41) is 0.117. The van der Waals surface area contributed by atoms with Crippen LogP contribution in [0, 0.1) is 5.82 Å². The molecule has 0 aliphatic carbocycles. The molecule has 0 radical (unpaired) electrons. The van der Waals surface area contributed by atoms with Crippen LogP contribution in [-0.2, 0) is 6.54 Å². The van der Waals surface area contributed by atoms with E-state index in [-0.39, 0.29) is 28.2 Å². The minimum atomic E-state index is -0.679. The Kier molecular flexibility index (Phi) is 5.42. The van der Waals surface area contributed by atoms with E-state index in [1.807, 2.05) is 61.5 Å². The zero-order chi connectivity index (χ0) is 22.9. The number of halogens is 1. The number of amides is 1. The molecule has 1 amide bonds. The molecule has 0 bridgehead atoms. The third kappa shape index (κ3) is 3.78. The van der Waals surface area contributed by atoms with Gasteiger partial charge in [0.25, 0.3) is 5.91 Å². The van der Waals surface area contributed by atoms with Gasteiger partial charge in [-0.15, -0.1) is 0 Å². The summed E-state index contributed by atoms with van der Waals surface area (Å²) >= 11 is 0. The quantitative estimate of drug-likeness (QED) is 0.397. The number of hydrogen-bond donors (Lipinski definition) is 0. The topological polar surface area (TPSA) is 59.8 Å². The maximum atomic E-state index is 13.9. The van der Waals surface area contributed by atoms with Gasteiger partial charge in [-0.1, -0.05) is 49.4 Å². The summed E-state index contributed by atoms with van der Waals surface area (Å²) in [4.78, 5) is 28.6. The van der Waals surface area contributed by atoms with Crippen LogP contribution in [0.1, 0.15) is 46.6 Å². The number of hydrogen-bond acceptors (Lipinski definition) is 4. The predicted molar refractivity (Wildman–Crippen MR) is 123 cm³/mol. The third-order valence-electron chi connectivity index (χ3n) is 5.77. The normalized spacial score (nSPS) is 15.2. The van der Waals surface area contributed by atoms with E-state index in [9.17, 15) is 14.0 Å². The van der Waals surface area contributed by atoms with Crippen molar-refractivity contribution >= 4 is 16.9 Å². The Morgan fingerprint density at radius 3 is 2.61 bits per heavy atom. The van der Waals surface area contributed by atoms with Crippen LogP contribution in [0.4, 0.5) is 4.39 Å². The van der Waals surface area contributed by atoms with Gasteiger partial charge in [0.1, 0.15) is 17.1 Å². The van der Waals surface area contributed by atoms with E-state index < -0.39 is 17.3 Å². The standard InChI is InChI=1S/C27H22FNO4/c1-2-13-32-20-10-6-9-18(14-20)24-23-25(30)21-15-19(28)11-12-22(21)33-26(23)27(31)29(24)16-17-7-4-3-5-8-17/h3-12,14-15,24H,2,13,16H2,1H3. The number of fused-ring (bicyclic) bond motifs is 2. The van der Waals surface area contributed by atoms with Gasteiger partial charge in [0.05, 0.1) is 23.6 Å². The molecule has 4 aromatic rings. The SMILES string of the molecule is CCCOc1cccc(C2c3c(oc4ccc(F)cc4c3=O)C(=O)N2Cc2ccccc2)c1. The molecule has 0 spiro atoms. The number of carbonyl (C=O) groups excluding carboxylic acids is 1. The maximum Gasteiger partial charge on any atom is 0.291 e. The molecule has 2 heterocycles. The predicted octanol–water partition coefficient (Wildman–Crippen LogP) is 5.47. The zero-order valence-corrected chi connectivity index (χ0v) is 18.1. The van der Waals surface area contributed by atoms with Crippen molar-refractivity contribution in [1.29, 1.82) is 0 Å². The molecule has 0 fully saturated rings. The Balaban J connectivity index is 1.69. The molecule has 1 unspecified atom stereocenters. The highest BCUT2D eigenvalue weighted by molar-refractivity contribution is 5.99. The second-order valence-corrected chi connectivity index (χ2v) is 8.06. The van der Waals surface area contributed by atoms with Gasteiger partial charge < -0.3 is 14.1 Å². The minimum Gasteiger partial charge on any atom is -0.494 e. The largest absolute Gasteiger partial charge is 0.494 e. The van der Waals surface area contributed by atoms with E-state index in [4.69, 9.17) is 9.15 Å². The molecule has 0 saturated carbocycles. The van der Waals surface area contributed by atoms with Crippen LogP contribution >= 0.6 is 0 Å². The van der Waals surface area contributed by atoms with E-state index in [1.165, 1.54) is 12.1 Å². The average Bonchev–Trinajstić information content (AvgIpc) is 3.11. The summed E-state index contributed by atoms with van der Waals surface area (Å²) in [6.07, 6.45) is 0.857. The molecule has 6 heteroatoms. The van der Waals surface area contributed by atoms with E-state index in [2.05, 4.69) is 0 Å². The lowest BCUT2D eigenvalue weighted by molar-refractivity contribution is 0.0714. The van der Waals surface area contributed by atoms with Gasteiger partial charge in [0.15, 0.2) is 5.43 Å². The summed E-state index contributed by atoms with van der Waals surface area (Å²) in [6.45, 7) is 2.87. The van der Waals surface area contributed by atoms with Crippen molar-refractivity contribution in [1.82, 2.24) is 4.90 Å². The molecule has 166 valence electrons. The zero-order valence-electron chi connectivity index (χ0n) is 18.1. The van der Waals surface area contributed by atoms with E-state index in [0.717, 1.165) is 23.6 Å². The second-order valence-electron chi connectivity index (χ2n) is 8.06. The van der Waals surface area contributed by atoms with Crippen LogP contribution in [-0.4, -0.2) is 17.4 Å². The lowest BCUT2D eigenvalue weighted by atomic mass is 9.98. The number of ether oxygens (including phenoxy) is 1. The van der Waals surface area contributed by atoms with Gasteiger partial charge in [0.2, 0.25) is 5.76 Å². The molecule has 1 aromatic heterocycles. The molecule has 5 nitrogen and oxygen atoms in total. The highest BCUT2D eigenvalue weighted by Gasteiger charge is 2.42. The van der Waals surface area contributed by atoms with Crippen molar-refractivity contribution in [2.75, 3.05) is 6.61 Å². The molecule has 1 atom stereocenters.